The summed E-state index contributed by atoms with van der Waals surface area (Å²) >= 11 is 6.54. The normalized spacial score (nSPS) is 14.3. The molecule has 3 rings (SSSR count). The quantitative estimate of drug-likeness (QED) is 0.324. The number of anilines is 1. The first-order valence-corrected chi connectivity index (χ1v) is 15.6. The van der Waals surface area contributed by atoms with Crippen LogP contribution in [-0.4, -0.2) is 69.1 Å². The van der Waals surface area contributed by atoms with E-state index in [9.17, 15) is 18.0 Å². The van der Waals surface area contributed by atoms with E-state index in [2.05, 4.69) is 6.07 Å². The molecule has 0 saturated carbocycles. The van der Waals surface area contributed by atoms with Crippen LogP contribution in [0.3, 0.4) is 0 Å². The second kappa shape index (κ2) is 14.4. The summed E-state index contributed by atoms with van der Waals surface area (Å²) in [6, 6.07) is 13.5. The molecule has 1 amide bonds. The minimum atomic E-state index is -4.14. The van der Waals surface area contributed by atoms with Crippen molar-refractivity contribution in [1.82, 2.24) is 4.90 Å². The number of halogens is 1. The number of amides is 1. The standard InChI is InChI=1S/C30H36ClN3O7S/c1-5-39-28(35)21-42(37,38)34(15-7-10-22-8-6-9-23(18-22)20-32)24-11-12-27(26(31)19-24)40-25-13-16-33(17-14-25)29(36)41-30(2,3)4/h6-12,18-19,25H,5,13-17,21H2,1-4H3/b10-7+. The van der Waals surface area contributed by atoms with Crippen molar-refractivity contribution in [1.29, 1.82) is 5.26 Å². The van der Waals surface area contributed by atoms with Crippen molar-refractivity contribution in [2.75, 3.05) is 36.3 Å². The van der Waals surface area contributed by atoms with Crippen molar-refractivity contribution >= 4 is 45.5 Å². The Morgan fingerprint density at radius 1 is 1.17 bits per heavy atom. The van der Waals surface area contributed by atoms with Gasteiger partial charge in [0.1, 0.15) is 17.5 Å². The zero-order chi connectivity index (χ0) is 30.9. The molecule has 1 fully saturated rings. The number of hydrogen-bond donors (Lipinski definition) is 0. The Bertz CT molecular complexity index is 1440. The van der Waals surface area contributed by atoms with E-state index in [1.54, 1.807) is 60.4 Å². The number of esters is 1. The molecule has 2 aromatic carbocycles. The van der Waals surface area contributed by atoms with E-state index in [0.717, 1.165) is 9.87 Å². The van der Waals surface area contributed by atoms with Crippen LogP contribution in [0.25, 0.3) is 6.08 Å². The van der Waals surface area contributed by atoms with Gasteiger partial charge in [-0.25, -0.2) is 13.2 Å². The monoisotopic (exact) mass is 617 g/mol. The Labute approximate surface area is 252 Å². The average Bonchev–Trinajstić information content (AvgIpc) is 2.91. The van der Waals surface area contributed by atoms with Gasteiger partial charge < -0.3 is 19.1 Å². The lowest BCUT2D eigenvalue weighted by molar-refractivity contribution is -0.139. The fraction of sp³-hybridized carbons (Fsp3) is 0.433. The van der Waals surface area contributed by atoms with Crippen molar-refractivity contribution in [3.05, 3.63) is 64.7 Å². The van der Waals surface area contributed by atoms with Crippen molar-refractivity contribution < 1.29 is 32.2 Å². The third kappa shape index (κ3) is 9.67. The molecule has 12 heteroatoms. The Kier molecular flexibility index (Phi) is 11.3. The molecule has 0 unspecified atom stereocenters. The number of hydrogen-bond acceptors (Lipinski definition) is 8. The first-order chi connectivity index (χ1) is 19.8. The smallest absolute Gasteiger partial charge is 0.410 e. The van der Waals surface area contributed by atoms with E-state index < -0.39 is 27.3 Å². The molecule has 0 aromatic heterocycles. The lowest BCUT2D eigenvalue weighted by atomic mass is 10.1. The highest BCUT2D eigenvalue weighted by Gasteiger charge is 2.29. The summed E-state index contributed by atoms with van der Waals surface area (Å²) in [6.45, 7) is 7.95. The lowest BCUT2D eigenvalue weighted by Crippen LogP contribution is -2.44. The number of sulfonamides is 1. The molecule has 226 valence electrons. The molecule has 10 nitrogen and oxygen atoms in total. The highest BCUT2D eigenvalue weighted by Crippen LogP contribution is 2.33. The maximum Gasteiger partial charge on any atom is 0.410 e. The van der Waals surface area contributed by atoms with Crippen molar-refractivity contribution in [2.24, 2.45) is 0 Å². The van der Waals surface area contributed by atoms with Crippen molar-refractivity contribution in [3.8, 4) is 11.8 Å². The number of carbonyl (C=O) groups excluding carboxylic acids is 2. The summed E-state index contributed by atoms with van der Waals surface area (Å²) in [6.07, 6.45) is 3.92. The first-order valence-electron chi connectivity index (χ1n) is 13.6. The number of piperidine rings is 1. The second-order valence-electron chi connectivity index (χ2n) is 10.6. The highest BCUT2D eigenvalue weighted by molar-refractivity contribution is 7.93. The molecule has 0 bridgehead atoms. The molecule has 1 aliphatic rings. The topological polar surface area (TPSA) is 126 Å². The van der Waals surface area contributed by atoms with E-state index in [0.29, 0.717) is 37.2 Å². The minimum absolute atomic E-state index is 0.0536. The number of rotatable bonds is 10. The minimum Gasteiger partial charge on any atom is -0.489 e. The Morgan fingerprint density at radius 2 is 1.88 bits per heavy atom. The van der Waals surface area contributed by atoms with Gasteiger partial charge in [0, 0.05) is 25.9 Å². The molecule has 1 saturated heterocycles. The summed E-state index contributed by atoms with van der Waals surface area (Å²) in [5, 5.41) is 9.33. The molecule has 1 heterocycles. The van der Waals surface area contributed by atoms with Gasteiger partial charge in [0.25, 0.3) is 0 Å². The van der Waals surface area contributed by atoms with Crippen LogP contribution in [0.4, 0.5) is 10.5 Å². The third-order valence-corrected chi connectivity index (χ3v) is 8.06. The number of benzene rings is 2. The Morgan fingerprint density at radius 3 is 2.50 bits per heavy atom. The van der Waals surface area contributed by atoms with Crippen LogP contribution < -0.4 is 9.04 Å². The van der Waals surface area contributed by atoms with Crippen LogP contribution in [0.5, 0.6) is 5.75 Å². The van der Waals surface area contributed by atoms with Crippen LogP contribution in [0.1, 0.15) is 51.7 Å². The molecule has 42 heavy (non-hydrogen) atoms. The zero-order valence-electron chi connectivity index (χ0n) is 24.2. The molecule has 0 spiro atoms. The van der Waals surface area contributed by atoms with Crippen LogP contribution in [-0.2, 0) is 24.3 Å². The number of likely N-dealkylation sites (tertiary alicyclic amines) is 1. The van der Waals surface area contributed by atoms with Crippen LogP contribution >= 0.6 is 11.6 Å². The van der Waals surface area contributed by atoms with Gasteiger partial charge in [0.2, 0.25) is 10.0 Å². The van der Waals surface area contributed by atoms with Crippen molar-refractivity contribution in [2.45, 2.75) is 52.2 Å². The molecule has 2 aromatic rings. The van der Waals surface area contributed by atoms with E-state index in [1.807, 2.05) is 20.8 Å². The first kappa shape index (κ1) is 32.8. The van der Waals surface area contributed by atoms with Gasteiger partial charge in [-0.1, -0.05) is 35.9 Å². The van der Waals surface area contributed by atoms with Gasteiger partial charge >= 0.3 is 12.1 Å². The number of ether oxygens (including phenoxy) is 3. The fourth-order valence-electron chi connectivity index (χ4n) is 4.21. The average molecular weight is 618 g/mol. The third-order valence-electron chi connectivity index (χ3n) is 6.13. The molecule has 1 aliphatic heterocycles. The second-order valence-corrected chi connectivity index (χ2v) is 12.9. The Balaban J connectivity index is 1.75. The summed E-state index contributed by atoms with van der Waals surface area (Å²) in [5.41, 5.74) is 0.861. The number of nitriles is 1. The Hall–Kier alpha value is -3.75. The van der Waals surface area contributed by atoms with Gasteiger partial charge in [-0.15, -0.1) is 0 Å². The molecule has 0 atom stereocenters. The largest absolute Gasteiger partial charge is 0.489 e. The zero-order valence-corrected chi connectivity index (χ0v) is 25.8. The predicted molar refractivity (Wildman–Crippen MR) is 161 cm³/mol. The number of nitrogens with zero attached hydrogens (tertiary/aromatic N) is 3. The predicted octanol–water partition coefficient (Wildman–Crippen LogP) is 5.40. The van der Waals surface area contributed by atoms with E-state index in [-0.39, 0.29) is 36.1 Å². The van der Waals surface area contributed by atoms with Gasteiger partial charge in [0.15, 0.2) is 5.75 Å². The SMILES string of the molecule is CCOC(=O)CS(=O)(=O)N(C/C=C/c1cccc(C#N)c1)c1ccc(OC2CCN(C(=O)OC(C)(C)C)CC2)c(Cl)c1. The molecule has 0 N–H and O–H groups in total. The van der Waals surface area contributed by atoms with Crippen molar-refractivity contribution in [3.63, 3.8) is 0 Å². The van der Waals surface area contributed by atoms with E-state index in [1.165, 1.54) is 6.07 Å². The molecular formula is C30H36ClN3O7S. The molecule has 0 aliphatic carbocycles. The molecule has 0 radical (unpaired) electrons. The van der Waals surface area contributed by atoms with Crippen LogP contribution in [0.15, 0.2) is 48.5 Å². The van der Waals surface area contributed by atoms with Gasteiger partial charge in [0.05, 0.1) is 35.5 Å². The summed E-state index contributed by atoms with van der Waals surface area (Å²) in [7, 11) is -4.14. The van der Waals surface area contributed by atoms with Gasteiger partial charge in [-0.2, -0.15) is 5.26 Å². The summed E-state index contributed by atoms with van der Waals surface area (Å²) < 4.78 is 44.0. The lowest BCUT2D eigenvalue weighted by Gasteiger charge is -2.33. The van der Waals surface area contributed by atoms with Gasteiger partial charge in [-0.3, -0.25) is 9.10 Å². The van der Waals surface area contributed by atoms with Gasteiger partial charge in [-0.05, 0) is 63.6 Å². The fourth-order valence-corrected chi connectivity index (χ4v) is 5.71. The number of carbonyl (C=O) groups is 2. The summed E-state index contributed by atoms with van der Waals surface area (Å²) in [4.78, 5) is 26.1. The maximum atomic E-state index is 13.3. The molecular weight excluding hydrogens is 582 g/mol. The van der Waals surface area contributed by atoms with Crippen LogP contribution in [0, 0.1) is 11.3 Å². The van der Waals surface area contributed by atoms with E-state index >= 15 is 0 Å². The summed E-state index contributed by atoms with van der Waals surface area (Å²) in [5.74, 6) is -1.33. The maximum absolute atomic E-state index is 13.3. The van der Waals surface area contributed by atoms with E-state index in [4.69, 9.17) is 31.1 Å². The highest BCUT2D eigenvalue weighted by atomic mass is 35.5. The van der Waals surface area contributed by atoms with Crippen LogP contribution in [0.2, 0.25) is 5.02 Å².